The van der Waals surface area contributed by atoms with Crippen LogP contribution in [-0.2, 0) is 4.84 Å². The van der Waals surface area contributed by atoms with Crippen LogP contribution in [0.25, 0.3) is 0 Å². The van der Waals surface area contributed by atoms with Gasteiger partial charge >= 0.3 is 0 Å². The van der Waals surface area contributed by atoms with Gasteiger partial charge in [-0.15, -0.1) is 5.23 Å². The van der Waals surface area contributed by atoms with E-state index in [-0.39, 0.29) is 0 Å². The van der Waals surface area contributed by atoms with E-state index in [1.807, 2.05) is 39.8 Å². The zero-order valence-corrected chi connectivity index (χ0v) is 15.8. The highest BCUT2D eigenvalue weighted by Crippen LogP contribution is 2.30. The average Bonchev–Trinajstić information content (AvgIpc) is 2.63. The highest BCUT2D eigenvalue weighted by atomic mass is 16.9. The van der Waals surface area contributed by atoms with E-state index in [4.69, 9.17) is 9.57 Å². The summed E-state index contributed by atoms with van der Waals surface area (Å²) in [6, 6.07) is 5.84. The average molecular weight is 330 g/mol. The normalized spacial score (nSPS) is 10.5. The molecule has 5 N–H and O–H groups in total. The van der Waals surface area contributed by atoms with Crippen LogP contribution in [-0.4, -0.2) is 32.0 Å². The Kier molecular flexibility index (Phi) is 15.9. The first-order valence-corrected chi connectivity index (χ1v) is 8.43. The molecule has 0 aliphatic heterocycles. The van der Waals surface area contributed by atoms with E-state index in [0.29, 0.717) is 22.7 Å². The van der Waals surface area contributed by atoms with Gasteiger partial charge in [0.2, 0.25) is 0 Å². The maximum Gasteiger partial charge on any atom is 0.149 e. The standard InChI is InChI=1S/C13H23N3O3.2C2H6/c1-4-10(7-8-14)15-11-5-6-12(16(17)19-3)13(9-11)18-2;2*1-2/h5-6,9-10,15,17H,4,7-8,14H2,1-3H3;2*1-2H3/p+1. The summed E-state index contributed by atoms with van der Waals surface area (Å²) < 4.78 is 5.25. The van der Waals surface area contributed by atoms with Crippen LogP contribution in [0, 0.1) is 0 Å². The van der Waals surface area contributed by atoms with Crippen molar-refractivity contribution in [3.63, 3.8) is 0 Å². The van der Waals surface area contributed by atoms with Gasteiger partial charge < -0.3 is 15.8 Å². The van der Waals surface area contributed by atoms with Crippen LogP contribution in [0.1, 0.15) is 47.5 Å². The van der Waals surface area contributed by atoms with Crippen molar-refractivity contribution in [2.75, 3.05) is 31.3 Å². The molecule has 0 saturated carbocycles. The van der Waals surface area contributed by atoms with Gasteiger partial charge in [-0.25, -0.2) is 0 Å². The van der Waals surface area contributed by atoms with E-state index in [9.17, 15) is 5.21 Å². The topological polar surface area (TPSA) is 81.6 Å². The van der Waals surface area contributed by atoms with Crippen molar-refractivity contribution in [3.8, 4) is 5.75 Å². The number of quaternary nitrogens is 1. The fourth-order valence-electron chi connectivity index (χ4n) is 1.88. The summed E-state index contributed by atoms with van der Waals surface area (Å²) in [7, 11) is 2.94. The Hall–Kier alpha value is -1.50. The lowest BCUT2D eigenvalue weighted by molar-refractivity contribution is -0.368. The number of hydrogen-bond acceptors (Lipinski definition) is 5. The van der Waals surface area contributed by atoms with Gasteiger partial charge in [-0.3, -0.25) is 10.0 Å². The fraction of sp³-hybridized carbons (Fsp3) is 0.647. The highest BCUT2D eigenvalue weighted by molar-refractivity contribution is 5.63. The Morgan fingerprint density at radius 3 is 2.26 bits per heavy atom. The molecular formula is C17H36N3O3+. The van der Waals surface area contributed by atoms with Gasteiger partial charge in [0.1, 0.15) is 11.4 Å². The third-order valence-electron chi connectivity index (χ3n) is 2.97. The molecule has 0 amide bonds. The Morgan fingerprint density at radius 1 is 1.22 bits per heavy atom. The maximum atomic E-state index is 9.55. The van der Waals surface area contributed by atoms with Crippen LogP contribution in [0.15, 0.2) is 18.2 Å². The smallest absolute Gasteiger partial charge is 0.149 e. The molecule has 1 atom stereocenters. The first-order chi connectivity index (χ1) is 11.2. The van der Waals surface area contributed by atoms with Gasteiger partial charge in [-0.05, 0) is 18.6 Å². The number of hydrogen-bond donors (Lipinski definition) is 3. The minimum absolute atomic E-state index is 0.390. The second kappa shape index (κ2) is 15.4. The van der Waals surface area contributed by atoms with Gasteiger partial charge in [0.15, 0.2) is 0 Å². The predicted octanol–water partition coefficient (Wildman–Crippen LogP) is 3.33. The summed E-state index contributed by atoms with van der Waals surface area (Å²) in [5.41, 5.74) is 5.28. The van der Waals surface area contributed by atoms with E-state index >= 15 is 0 Å². The van der Waals surface area contributed by atoms with E-state index in [0.717, 1.165) is 25.1 Å². The summed E-state index contributed by atoms with van der Waals surface area (Å²) in [4.78, 5) is 4.74. The SMILES string of the molecule is CC.CC.CCC(CC[NH3+])Nc1ccc(N(O)OC)c(OC)c1. The van der Waals surface area contributed by atoms with E-state index in [1.54, 1.807) is 13.2 Å². The molecule has 1 aromatic rings. The van der Waals surface area contributed by atoms with Crippen molar-refractivity contribution in [2.24, 2.45) is 0 Å². The molecule has 0 aliphatic rings. The summed E-state index contributed by atoms with van der Waals surface area (Å²) in [5.74, 6) is 0.541. The Balaban J connectivity index is 0. The maximum absolute atomic E-state index is 9.55. The van der Waals surface area contributed by atoms with Crippen LogP contribution >= 0.6 is 0 Å². The second-order valence-corrected chi connectivity index (χ2v) is 4.23. The molecule has 23 heavy (non-hydrogen) atoms. The predicted molar refractivity (Wildman–Crippen MR) is 97.0 cm³/mol. The van der Waals surface area contributed by atoms with Crippen molar-refractivity contribution < 1.29 is 20.5 Å². The molecule has 1 aromatic carbocycles. The first kappa shape index (κ1) is 23.8. The van der Waals surface area contributed by atoms with Crippen LogP contribution < -0.4 is 21.0 Å². The van der Waals surface area contributed by atoms with Crippen LogP contribution in [0.2, 0.25) is 0 Å². The lowest BCUT2D eigenvalue weighted by Gasteiger charge is -2.20. The molecule has 0 saturated heterocycles. The van der Waals surface area contributed by atoms with Crippen LogP contribution in [0.4, 0.5) is 11.4 Å². The van der Waals surface area contributed by atoms with E-state index < -0.39 is 0 Å². The Morgan fingerprint density at radius 2 is 1.83 bits per heavy atom. The summed E-state index contributed by atoms with van der Waals surface area (Å²) >= 11 is 0. The molecular weight excluding hydrogens is 294 g/mol. The molecule has 136 valence electrons. The van der Waals surface area contributed by atoms with Gasteiger partial charge in [0.25, 0.3) is 0 Å². The van der Waals surface area contributed by atoms with E-state index in [2.05, 4.69) is 18.0 Å². The van der Waals surface area contributed by atoms with Gasteiger partial charge in [0.05, 0.1) is 20.8 Å². The Bertz CT molecular complexity index is 389. The van der Waals surface area contributed by atoms with Gasteiger partial charge in [-0.2, -0.15) is 0 Å². The molecule has 0 heterocycles. The van der Waals surface area contributed by atoms with Crippen molar-refractivity contribution in [1.82, 2.24) is 0 Å². The fourth-order valence-corrected chi connectivity index (χ4v) is 1.88. The van der Waals surface area contributed by atoms with Gasteiger partial charge in [-0.1, -0.05) is 34.6 Å². The minimum atomic E-state index is 0.390. The van der Waals surface area contributed by atoms with Crippen LogP contribution in [0.3, 0.4) is 0 Å². The van der Waals surface area contributed by atoms with Gasteiger partial charge in [0, 0.05) is 24.2 Å². The monoisotopic (exact) mass is 330 g/mol. The molecule has 6 heteroatoms. The minimum Gasteiger partial charge on any atom is -0.494 e. The second-order valence-electron chi connectivity index (χ2n) is 4.23. The third-order valence-corrected chi connectivity index (χ3v) is 2.97. The molecule has 1 unspecified atom stereocenters. The molecule has 6 nitrogen and oxygen atoms in total. The van der Waals surface area contributed by atoms with Crippen LogP contribution in [0.5, 0.6) is 5.75 Å². The molecule has 0 spiro atoms. The third kappa shape index (κ3) is 8.64. The van der Waals surface area contributed by atoms with Crippen molar-refractivity contribution >= 4 is 11.4 Å². The number of nitrogens with zero attached hydrogens (tertiary/aromatic N) is 1. The quantitative estimate of drug-likeness (QED) is 0.637. The molecule has 0 aliphatic carbocycles. The number of anilines is 2. The lowest BCUT2D eigenvalue weighted by atomic mass is 10.1. The summed E-state index contributed by atoms with van der Waals surface area (Å²) in [6.45, 7) is 11.0. The van der Waals surface area contributed by atoms with Crippen molar-refractivity contribution in [1.29, 1.82) is 0 Å². The first-order valence-electron chi connectivity index (χ1n) is 8.43. The summed E-state index contributed by atoms with van der Waals surface area (Å²) in [5, 5.41) is 13.7. The molecule has 0 aromatic heterocycles. The molecule has 1 rings (SSSR count). The largest absolute Gasteiger partial charge is 0.494 e. The number of nitrogens with one attached hydrogen (secondary N) is 1. The molecule has 0 bridgehead atoms. The van der Waals surface area contributed by atoms with E-state index in [1.165, 1.54) is 7.11 Å². The lowest BCUT2D eigenvalue weighted by Crippen LogP contribution is -2.51. The molecule has 0 radical (unpaired) electrons. The number of ether oxygens (including phenoxy) is 1. The summed E-state index contributed by atoms with van der Waals surface area (Å²) in [6.07, 6.45) is 2.05. The number of rotatable bonds is 8. The molecule has 0 fully saturated rings. The number of benzene rings is 1. The van der Waals surface area contributed by atoms with Crippen molar-refractivity contribution in [2.45, 2.75) is 53.5 Å². The highest BCUT2D eigenvalue weighted by Gasteiger charge is 2.12. The number of methoxy groups -OCH3 is 1. The zero-order chi connectivity index (χ0) is 18.3. The zero-order valence-electron chi connectivity index (χ0n) is 15.8. The van der Waals surface area contributed by atoms with Crippen molar-refractivity contribution in [3.05, 3.63) is 18.2 Å². The Labute approximate surface area is 141 Å².